The molecule has 1 unspecified atom stereocenters. The zero-order valence-electron chi connectivity index (χ0n) is 11.6. The number of fused-ring (bicyclic) bond motifs is 1. The Kier molecular flexibility index (Phi) is 3.44. The molecule has 0 fully saturated rings. The van der Waals surface area contributed by atoms with Crippen LogP contribution in [0.2, 0.25) is 0 Å². The minimum Gasteiger partial charge on any atom is -0.393 e. The van der Waals surface area contributed by atoms with Gasteiger partial charge in [0.25, 0.3) is 0 Å². The maximum Gasteiger partial charge on any atom is 0.0708 e. The van der Waals surface area contributed by atoms with Crippen molar-refractivity contribution in [1.82, 2.24) is 9.78 Å². The van der Waals surface area contributed by atoms with E-state index >= 15 is 0 Å². The summed E-state index contributed by atoms with van der Waals surface area (Å²) in [5.74, 6) is 0. The number of aliphatic hydroxyl groups excluding tert-OH is 1. The molecule has 18 heavy (non-hydrogen) atoms. The Bertz CT molecular complexity index is 540. The monoisotopic (exact) mass is 246 g/mol. The zero-order chi connectivity index (χ0) is 13.3. The lowest BCUT2D eigenvalue weighted by Gasteiger charge is -2.25. The summed E-state index contributed by atoms with van der Waals surface area (Å²) in [5.41, 5.74) is 2.35. The minimum absolute atomic E-state index is 0.0608. The number of para-hydroxylation sites is 1. The van der Waals surface area contributed by atoms with E-state index < -0.39 is 0 Å². The van der Waals surface area contributed by atoms with E-state index in [9.17, 15) is 5.11 Å². The van der Waals surface area contributed by atoms with Gasteiger partial charge in [0, 0.05) is 12.4 Å². The minimum atomic E-state index is -0.269. The molecule has 0 aliphatic rings. The van der Waals surface area contributed by atoms with E-state index in [1.807, 2.05) is 24.7 Å². The van der Waals surface area contributed by atoms with Crippen molar-refractivity contribution in [3.8, 4) is 0 Å². The standard InChI is InChI=1S/C15H22N2O/c1-11(18)9-15(2,3)10-13-12-7-5-6-8-14(12)17(4)16-13/h5-8,11,18H,9-10H2,1-4H3. The molecule has 1 aromatic heterocycles. The molecule has 0 saturated carbocycles. The molecule has 0 spiro atoms. The normalized spacial score (nSPS) is 14.1. The van der Waals surface area contributed by atoms with Crippen LogP contribution in [-0.4, -0.2) is 21.0 Å². The molecule has 1 atom stereocenters. The molecule has 2 aromatic rings. The zero-order valence-corrected chi connectivity index (χ0v) is 11.6. The van der Waals surface area contributed by atoms with Gasteiger partial charge in [0.15, 0.2) is 0 Å². The molecule has 3 nitrogen and oxygen atoms in total. The Balaban J connectivity index is 2.32. The van der Waals surface area contributed by atoms with Crippen molar-refractivity contribution in [2.45, 2.75) is 39.7 Å². The average Bonchev–Trinajstić information content (AvgIpc) is 2.54. The van der Waals surface area contributed by atoms with Crippen LogP contribution in [0.3, 0.4) is 0 Å². The summed E-state index contributed by atoms with van der Waals surface area (Å²) in [6.45, 7) is 6.21. The first kappa shape index (κ1) is 13.1. The molecule has 2 rings (SSSR count). The van der Waals surface area contributed by atoms with Gasteiger partial charge in [-0.2, -0.15) is 5.10 Å². The van der Waals surface area contributed by atoms with Crippen LogP contribution >= 0.6 is 0 Å². The summed E-state index contributed by atoms with van der Waals surface area (Å²) in [5, 5.41) is 15.4. The molecule has 0 aliphatic carbocycles. The Morgan fingerprint density at radius 1 is 1.33 bits per heavy atom. The smallest absolute Gasteiger partial charge is 0.0708 e. The van der Waals surface area contributed by atoms with Gasteiger partial charge in [0.1, 0.15) is 0 Å². The predicted octanol–water partition coefficient (Wildman–Crippen LogP) is 2.91. The van der Waals surface area contributed by atoms with E-state index in [2.05, 4.69) is 37.1 Å². The Morgan fingerprint density at radius 2 is 2.00 bits per heavy atom. The van der Waals surface area contributed by atoms with Crippen LogP contribution in [-0.2, 0) is 13.5 Å². The summed E-state index contributed by atoms with van der Waals surface area (Å²) in [7, 11) is 1.98. The van der Waals surface area contributed by atoms with Crippen LogP contribution in [0.15, 0.2) is 24.3 Å². The lowest BCUT2D eigenvalue weighted by molar-refractivity contribution is 0.129. The predicted molar refractivity (Wildman–Crippen MR) is 74.5 cm³/mol. The highest BCUT2D eigenvalue weighted by Gasteiger charge is 2.23. The molecule has 1 heterocycles. The van der Waals surface area contributed by atoms with Gasteiger partial charge in [-0.3, -0.25) is 4.68 Å². The number of hydrogen-bond acceptors (Lipinski definition) is 2. The van der Waals surface area contributed by atoms with E-state index in [0.717, 1.165) is 18.5 Å². The lowest BCUT2D eigenvalue weighted by Crippen LogP contribution is -2.21. The fourth-order valence-corrected chi connectivity index (χ4v) is 2.74. The molecule has 1 aromatic carbocycles. The average molecular weight is 246 g/mol. The number of aromatic nitrogens is 2. The van der Waals surface area contributed by atoms with E-state index in [1.54, 1.807) is 0 Å². The van der Waals surface area contributed by atoms with E-state index in [4.69, 9.17) is 0 Å². The van der Waals surface area contributed by atoms with Crippen LogP contribution in [0.25, 0.3) is 10.9 Å². The third-order valence-electron chi connectivity index (χ3n) is 3.33. The van der Waals surface area contributed by atoms with Gasteiger partial charge in [-0.1, -0.05) is 32.0 Å². The summed E-state index contributed by atoms with van der Waals surface area (Å²) in [4.78, 5) is 0. The van der Waals surface area contributed by atoms with Gasteiger partial charge < -0.3 is 5.11 Å². The van der Waals surface area contributed by atoms with Crippen LogP contribution in [0.4, 0.5) is 0 Å². The van der Waals surface area contributed by atoms with Crippen molar-refractivity contribution < 1.29 is 5.11 Å². The summed E-state index contributed by atoms with van der Waals surface area (Å²) < 4.78 is 1.93. The number of hydrogen-bond donors (Lipinski definition) is 1. The molecule has 1 N–H and O–H groups in total. The number of nitrogens with zero attached hydrogens (tertiary/aromatic N) is 2. The van der Waals surface area contributed by atoms with Gasteiger partial charge in [-0.25, -0.2) is 0 Å². The quantitative estimate of drug-likeness (QED) is 0.900. The summed E-state index contributed by atoms with van der Waals surface area (Å²) in [6, 6.07) is 8.30. The van der Waals surface area contributed by atoms with Crippen LogP contribution in [0, 0.1) is 5.41 Å². The van der Waals surface area contributed by atoms with Crippen molar-refractivity contribution in [3.05, 3.63) is 30.0 Å². The largest absolute Gasteiger partial charge is 0.393 e. The highest BCUT2D eigenvalue weighted by molar-refractivity contribution is 5.81. The molecule has 0 radical (unpaired) electrons. The highest BCUT2D eigenvalue weighted by atomic mass is 16.3. The van der Waals surface area contributed by atoms with Crippen LogP contribution in [0.5, 0.6) is 0 Å². The molecular formula is C15H22N2O. The summed E-state index contributed by atoms with van der Waals surface area (Å²) in [6.07, 6.45) is 1.41. The second-order valence-electron chi connectivity index (χ2n) is 5.98. The molecule has 0 saturated heterocycles. The van der Waals surface area contributed by atoms with Crippen molar-refractivity contribution in [2.24, 2.45) is 12.5 Å². The van der Waals surface area contributed by atoms with E-state index in [1.165, 1.54) is 10.9 Å². The Morgan fingerprint density at radius 3 is 2.67 bits per heavy atom. The number of benzene rings is 1. The van der Waals surface area contributed by atoms with Crippen molar-refractivity contribution >= 4 is 10.9 Å². The van der Waals surface area contributed by atoms with Crippen molar-refractivity contribution in [1.29, 1.82) is 0 Å². The Labute approximate surface area is 108 Å². The maximum absolute atomic E-state index is 9.56. The first-order valence-electron chi connectivity index (χ1n) is 6.48. The summed E-state index contributed by atoms with van der Waals surface area (Å²) >= 11 is 0. The maximum atomic E-state index is 9.56. The molecular weight excluding hydrogens is 224 g/mol. The van der Waals surface area contributed by atoms with E-state index in [0.29, 0.717) is 0 Å². The first-order chi connectivity index (χ1) is 8.39. The highest BCUT2D eigenvalue weighted by Crippen LogP contribution is 2.30. The van der Waals surface area contributed by atoms with E-state index in [-0.39, 0.29) is 11.5 Å². The van der Waals surface area contributed by atoms with Crippen LogP contribution < -0.4 is 0 Å². The molecule has 98 valence electrons. The number of aryl methyl sites for hydroxylation is 1. The fourth-order valence-electron chi connectivity index (χ4n) is 2.74. The third kappa shape index (κ3) is 2.72. The number of aliphatic hydroxyl groups is 1. The van der Waals surface area contributed by atoms with Gasteiger partial charge in [-0.05, 0) is 31.2 Å². The van der Waals surface area contributed by atoms with Gasteiger partial charge in [0.05, 0.1) is 17.3 Å². The second-order valence-corrected chi connectivity index (χ2v) is 5.98. The van der Waals surface area contributed by atoms with Crippen molar-refractivity contribution in [3.63, 3.8) is 0 Å². The molecule has 0 aliphatic heterocycles. The topological polar surface area (TPSA) is 38.1 Å². The van der Waals surface area contributed by atoms with Gasteiger partial charge >= 0.3 is 0 Å². The van der Waals surface area contributed by atoms with Crippen LogP contribution in [0.1, 0.15) is 32.9 Å². The third-order valence-corrected chi connectivity index (χ3v) is 3.33. The molecule has 0 bridgehead atoms. The first-order valence-corrected chi connectivity index (χ1v) is 6.48. The fraction of sp³-hybridized carbons (Fsp3) is 0.533. The van der Waals surface area contributed by atoms with Gasteiger partial charge in [-0.15, -0.1) is 0 Å². The Hall–Kier alpha value is -1.35. The second kappa shape index (κ2) is 4.73. The number of rotatable bonds is 4. The lowest BCUT2D eigenvalue weighted by atomic mass is 9.82. The molecule has 3 heteroatoms. The SMILES string of the molecule is CC(O)CC(C)(C)Cc1nn(C)c2ccccc12. The van der Waals surface area contributed by atoms with Gasteiger partial charge in [0.2, 0.25) is 0 Å². The van der Waals surface area contributed by atoms with Crippen molar-refractivity contribution in [2.75, 3.05) is 0 Å². The molecule has 0 amide bonds.